The second-order valence-electron chi connectivity index (χ2n) is 2.57. The van der Waals surface area contributed by atoms with Gasteiger partial charge in [0.1, 0.15) is 19.3 Å². The van der Waals surface area contributed by atoms with E-state index < -0.39 is 0 Å². The minimum absolute atomic E-state index is 1.07. The van der Waals surface area contributed by atoms with Gasteiger partial charge < -0.3 is 5.73 Å². The van der Waals surface area contributed by atoms with Gasteiger partial charge in [-0.05, 0) is 0 Å². The van der Waals surface area contributed by atoms with Crippen LogP contribution in [0.3, 0.4) is 0 Å². The van der Waals surface area contributed by atoms with Crippen LogP contribution in [0.4, 0.5) is 0 Å². The van der Waals surface area contributed by atoms with Gasteiger partial charge in [0.25, 0.3) is 0 Å². The molecule has 1 rings (SSSR count). The molecular weight excluding hydrogens is 112 g/mol. The molecule has 52 valence electrons. The molecule has 9 heavy (non-hydrogen) atoms. The van der Waals surface area contributed by atoms with Crippen molar-refractivity contribution in [1.29, 1.82) is 0 Å². The maximum absolute atomic E-state index is 3.81. The fourth-order valence-electron chi connectivity index (χ4n) is 1.18. The number of rotatable bonds is 3. The van der Waals surface area contributed by atoms with Crippen LogP contribution in [0.15, 0.2) is 0 Å². The van der Waals surface area contributed by atoms with Gasteiger partial charge in [0.15, 0.2) is 0 Å². The maximum Gasteiger partial charge on any atom is 0.147 e. The standard InChI is InChI=1S/C7H15N2/c8-4-3-7-9-5-1-2-6-9/h5H,1-4,6-8H2/q+1/p+1. The van der Waals surface area contributed by atoms with Crippen molar-refractivity contribution in [2.75, 3.05) is 19.6 Å². The van der Waals surface area contributed by atoms with E-state index in [-0.39, 0.29) is 0 Å². The zero-order valence-corrected chi connectivity index (χ0v) is 5.97. The van der Waals surface area contributed by atoms with Crippen LogP contribution in [0.1, 0.15) is 19.3 Å². The van der Waals surface area contributed by atoms with Crippen LogP contribution in [0.2, 0.25) is 0 Å². The average molecular weight is 128 g/mol. The molecule has 0 saturated carbocycles. The van der Waals surface area contributed by atoms with E-state index in [4.69, 9.17) is 0 Å². The number of hydrogen-bond donors (Lipinski definition) is 1. The Bertz CT molecular complexity index is 107. The fourth-order valence-corrected chi connectivity index (χ4v) is 1.18. The van der Waals surface area contributed by atoms with Gasteiger partial charge in [0, 0.05) is 12.8 Å². The largest absolute Gasteiger partial charge is 0.357 e. The summed E-state index contributed by atoms with van der Waals surface area (Å²) in [7, 11) is 0. The third kappa shape index (κ3) is 2.14. The van der Waals surface area contributed by atoms with Gasteiger partial charge in [-0.1, -0.05) is 0 Å². The summed E-state index contributed by atoms with van der Waals surface area (Å²) in [5.74, 6) is 0. The van der Waals surface area contributed by atoms with Crippen LogP contribution in [-0.2, 0) is 0 Å². The van der Waals surface area contributed by atoms with Crippen LogP contribution in [0.5, 0.6) is 0 Å². The molecular formula is C7H16N2+2. The van der Waals surface area contributed by atoms with Gasteiger partial charge in [-0.3, -0.25) is 0 Å². The SMILES string of the molecule is [NH3+]CCC[N+]1=CCCC1. The average Bonchev–Trinajstić information content (AvgIpc) is 2.34. The predicted octanol–water partition coefficient (Wildman–Crippen LogP) is -0.505. The lowest BCUT2D eigenvalue weighted by Gasteiger charge is -1.92. The molecule has 0 unspecified atom stereocenters. The Labute approximate surface area is 56.4 Å². The van der Waals surface area contributed by atoms with Gasteiger partial charge in [-0.25, -0.2) is 4.58 Å². The van der Waals surface area contributed by atoms with Crippen molar-refractivity contribution in [2.45, 2.75) is 19.3 Å². The quantitative estimate of drug-likeness (QED) is 0.497. The summed E-state index contributed by atoms with van der Waals surface area (Å²) in [6.07, 6.45) is 6.21. The number of nitrogens with zero attached hydrogens (tertiary/aromatic N) is 1. The molecule has 2 heteroatoms. The molecule has 0 atom stereocenters. The van der Waals surface area contributed by atoms with Gasteiger partial charge in [0.2, 0.25) is 0 Å². The first-order valence-corrected chi connectivity index (χ1v) is 3.80. The molecule has 0 bridgehead atoms. The van der Waals surface area contributed by atoms with E-state index in [0.717, 1.165) is 6.54 Å². The summed E-state index contributed by atoms with van der Waals surface area (Å²) in [5.41, 5.74) is 3.81. The van der Waals surface area contributed by atoms with E-state index in [9.17, 15) is 0 Å². The van der Waals surface area contributed by atoms with Crippen molar-refractivity contribution in [1.82, 2.24) is 0 Å². The van der Waals surface area contributed by atoms with Crippen molar-refractivity contribution in [3.05, 3.63) is 0 Å². The zero-order chi connectivity index (χ0) is 6.53. The van der Waals surface area contributed by atoms with Crippen LogP contribution in [0, 0.1) is 0 Å². The molecule has 0 radical (unpaired) electrons. The molecule has 0 aromatic rings. The molecule has 1 heterocycles. The Hall–Kier alpha value is -0.370. The first-order valence-electron chi connectivity index (χ1n) is 3.80. The van der Waals surface area contributed by atoms with Gasteiger partial charge in [-0.2, -0.15) is 0 Å². The van der Waals surface area contributed by atoms with E-state index in [2.05, 4.69) is 16.5 Å². The normalized spacial score (nSPS) is 18.1. The third-order valence-electron chi connectivity index (χ3n) is 1.73. The lowest BCUT2D eigenvalue weighted by Crippen LogP contribution is -2.50. The Morgan fingerprint density at radius 2 is 2.44 bits per heavy atom. The first-order chi connectivity index (χ1) is 4.43. The lowest BCUT2D eigenvalue weighted by atomic mass is 10.4. The first kappa shape index (κ1) is 6.75. The molecule has 0 saturated heterocycles. The second kappa shape index (κ2) is 3.62. The van der Waals surface area contributed by atoms with Crippen molar-refractivity contribution in [3.8, 4) is 0 Å². The zero-order valence-electron chi connectivity index (χ0n) is 5.97. The minimum Gasteiger partial charge on any atom is -0.357 e. The molecule has 0 amide bonds. The topological polar surface area (TPSA) is 30.6 Å². The van der Waals surface area contributed by atoms with E-state index in [0.29, 0.717) is 0 Å². The monoisotopic (exact) mass is 128 g/mol. The smallest absolute Gasteiger partial charge is 0.147 e. The van der Waals surface area contributed by atoms with Crippen LogP contribution < -0.4 is 5.73 Å². The second-order valence-corrected chi connectivity index (χ2v) is 2.57. The fraction of sp³-hybridized carbons (Fsp3) is 0.857. The molecule has 1 aliphatic heterocycles. The highest BCUT2D eigenvalue weighted by molar-refractivity contribution is 5.52. The van der Waals surface area contributed by atoms with E-state index >= 15 is 0 Å². The van der Waals surface area contributed by atoms with Crippen LogP contribution in [0.25, 0.3) is 0 Å². The molecule has 0 aliphatic carbocycles. The van der Waals surface area contributed by atoms with E-state index in [1.165, 1.54) is 32.4 Å². The highest BCUT2D eigenvalue weighted by Gasteiger charge is 2.08. The predicted molar refractivity (Wildman–Crippen MR) is 37.7 cm³/mol. The number of hydrogen-bond acceptors (Lipinski definition) is 0. The summed E-state index contributed by atoms with van der Waals surface area (Å²) in [4.78, 5) is 0. The van der Waals surface area contributed by atoms with Crippen LogP contribution >= 0.6 is 0 Å². The summed E-state index contributed by atoms with van der Waals surface area (Å²) in [6, 6.07) is 0. The van der Waals surface area contributed by atoms with Crippen molar-refractivity contribution >= 4 is 6.21 Å². The summed E-state index contributed by atoms with van der Waals surface area (Å²) in [5, 5.41) is 0. The Morgan fingerprint density at radius 3 is 3.00 bits per heavy atom. The third-order valence-corrected chi connectivity index (χ3v) is 1.73. The van der Waals surface area contributed by atoms with Crippen LogP contribution in [-0.4, -0.2) is 30.4 Å². The Morgan fingerprint density at radius 1 is 1.56 bits per heavy atom. The van der Waals surface area contributed by atoms with E-state index in [1.54, 1.807) is 0 Å². The molecule has 3 N–H and O–H groups in total. The van der Waals surface area contributed by atoms with Gasteiger partial charge >= 0.3 is 0 Å². The minimum atomic E-state index is 1.07. The van der Waals surface area contributed by atoms with Gasteiger partial charge in [-0.15, -0.1) is 0 Å². The maximum atomic E-state index is 3.81. The van der Waals surface area contributed by atoms with Crippen molar-refractivity contribution < 1.29 is 10.3 Å². The van der Waals surface area contributed by atoms with Crippen molar-refractivity contribution in [2.24, 2.45) is 0 Å². The molecule has 0 spiro atoms. The van der Waals surface area contributed by atoms with Crippen molar-refractivity contribution in [3.63, 3.8) is 0 Å². The summed E-state index contributed by atoms with van der Waals surface area (Å²) < 4.78 is 2.41. The van der Waals surface area contributed by atoms with Gasteiger partial charge in [0.05, 0.1) is 13.0 Å². The molecule has 2 nitrogen and oxygen atoms in total. The molecule has 0 aromatic heterocycles. The highest BCUT2D eigenvalue weighted by atomic mass is 15.0. The molecule has 1 aliphatic rings. The number of quaternary nitrogens is 1. The Balaban J connectivity index is 2.11. The lowest BCUT2D eigenvalue weighted by molar-refractivity contribution is -0.521. The molecule has 0 aromatic carbocycles. The molecule has 0 fully saturated rings. The van der Waals surface area contributed by atoms with E-state index in [1.807, 2.05) is 0 Å². The summed E-state index contributed by atoms with van der Waals surface area (Å²) in [6.45, 7) is 3.58. The summed E-state index contributed by atoms with van der Waals surface area (Å²) >= 11 is 0. The highest BCUT2D eigenvalue weighted by Crippen LogP contribution is 1.96. The Kier molecular flexibility index (Phi) is 2.71.